The van der Waals surface area contributed by atoms with Gasteiger partial charge in [0, 0.05) is 24.2 Å². The number of hydrazine groups is 1. The van der Waals surface area contributed by atoms with E-state index in [2.05, 4.69) is 32.7 Å². The van der Waals surface area contributed by atoms with Crippen molar-refractivity contribution in [3.63, 3.8) is 0 Å². The number of nitrogens with one attached hydrogen (secondary N) is 3. The van der Waals surface area contributed by atoms with E-state index < -0.39 is 0 Å². The highest BCUT2D eigenvalue weighted by atomic mass is 32.1. The second-order valence-corrected chi connectivity index (χ2v) is 6.16. The van der Waals surface area contributed by atoms with Gasteiger partial charge in [-0.05, 0) is 36.5 Å². The summed E-state index contributed by atoms with van der Waals surface area (Å²) < 4.78 is 12.3. The maximum Gasteiger partial charge on any atom is 0.288 e. The Labute approximate surface area is 162 Å². The predicted molar refractivity (Wildman–Crippen MR) is 103 cm³/mol. The standard InChI is InChI=1S/C17H21N7O2S/c18-16(19)21-20-12-24-17(27)26-15(22-24)14-5-3-13(4-6-14)2-1-7-23-8-10-25-11-9-23/h3-6,20H,7-12H2,(H4,18,19,21). The molecule has 0 spiro atoms. The first-order valence-electron chi connectivity index (χ1n) is 8.42. The average Bonchev–Trinajstić information content (AvgIpc) is 3.04. The minimum Gasteiger partial charge on any atom is -0.409 e. The van der Waals surface area contributed by atoms with Crippen molar-refractivity contribution in [3.05, 3.63) is 34.7 Å². The van der Waals surface area contributed by atoms with Crippen LogP contribution in [0, 0.1) is 22.1 Å². The Bertz CT molecular complexity index is 888. The van der Waals surface area contributed by atoms with Gasteiger partial charge in [0.05, 0.1) is 19.8 Å². The summed E-state index contributed by atoms with van der Waals surface area (Å²) in [5, 5.41) is 11.4. The summed E-state index contributed by atoms with van der Waals surface area (Å²) in [6, 6.07) is 7.64. The van der Waals surface area contributed by atoms with Crippen LogP contribution in [0.15, 0.2) is 28.7 Å². The third-order valence-corrected chi connectivity index (χ3v) is 4.12. The Balaban J connectivity index is 1.60. The number of ether oxygens (including phenoxy) is 1. The van der Waals surface area contributed by atoms with Gasteiger partial charge in [-0.25, -0.2) is 10.1 Å². The Hall–Kier alpha value is -2.71. The number of aromatic nitrogens is 2. The van der Waals surface area contributed by atoms with E-state index in [0.29, 0.717) is 5.89 Å². The highest BCUT2D eigenvalue weighted by molar-refractivity contribution is 7.71. The number of hydrogen-bond donors (Lipinski definition) is 4. The van der Waals surface area contributed by atoms with Crippen molar-refractivity contribution < 1.29 is 9.15 Å². The van der Waals surface area contributed by atoms with Crippen LogP contribution in [0.5, 0.6) is 0 Å². The van der Waals surface area contributed by atoms with Crippen molar-refractivity contribution in [3.8, 4) is 23.3 Å². The molecule has 0 saturated carbocycles. The topological polar surface area (TPSA) is 117 Å². The van der Waals surface area contributed by atoms with Crippen LogP contribution in [0.4, 0.5) is 0 Å². The van der Waals surface area contributed by atoms with Crippen LogP contribution in [0.2, 0.25) is 0 Å². The molecule has 9 nitrogen and oxygen atoms in total. The molecule has 2 aromatic rings. The van der Waals surface area contributed by atoms with Crippen molar-refractivity contribution in [1.29, 1.82) is 5.41 Å². The summed E-state index contributed by atoms with van der Waals surface area (Å²) in [7, 11) is 0. The van der Waals surface area contributed by atoms with Crippen LogP contribution >= 0.6 is 12.2 Å². The van der Waals surface area contributed by atoms with E-state index in [9.17, 15) is 0 Å². The number of nitrogens with zero attached hydrogens (tertiary/aromatic N) is 3. The van der Waals surface area contributed by atoms with Gasteiger partial charge < -0.3 is 14.9 Å². The normalized spacial score (nSPS) is 14.4. The number of morpholine rings is 1. The smallest absolute Gasteiger partial charge is 0.288 e. The average molecular weight is 387 g/mol. The van der Waals surface area contributed by atoms with Crippen molar-refractivity contribution in [2.75, 3.05) is 32.8 Å². The Morgan fingerprint density at radius 3 is 2.74 bits per heavy atom. The lowest BCUT2D eigenvalue weighted by Crippen LogP contribution is -2.42. The summed E-state index contributed by atoms with van der Waals surface area (Å²) in [5.41, 5.74) is 12.1. The molecule has 1 aromatic heterocycles. The first-order valence-corrected chi connectivity index (χ1v) is 8.83. The summed E-state index contributed by atoms with van der Waals surface area (Å²) in [5.74, 6) is 6.58. The predicted octanol–water partition coefficient (Wildman–Crippen LogP) is 0.501. The number of guanidine groups is 1. The summed E-state index contributed by atoms with van der Waals surface area (Å²) >= 11 is 5.14. The minimum absolute atomic E-state index is 0.199. The van der Waals surface area contributed by atoms with E-state index in [1.165, 1.54) is 4.68 Å². The fourth-order valence-corrected chi connectivity index (χ4v) is 2.63. The molecule has 1 fully saturated rings. The zero-order valence-electron chi connectivity index (χ0n) is 14.7. The van der Waals surface area contributed by atoms with Gasteiger partial charge in [0.15, 0.2) is 5.96 Å². The van der Waals surface area contributed by atoms with Crippen LogP contribution in [0.1, 0.15) is 5.56 Å². The summed E-state index contributed by atoms with van der Waals surface area (Å²) in [6.45, 7) is 4.36. The van der Waals surface area contributed by atoms with E-state index in [-0.39, 0.29) is 17.5 Å². The van der Waals surface area contributed by atoms with Crippen LogP contribution in [-0.2, 0) is 11.4 Å². The monoisotopic (exact) mass is 387 g/mol. The second kappa shape index (κ2) is 9.29. The fourth-order valence-electron chi connectivity index (χ4n) is 2.44. The van der Waals surface area contributed by atoms with Crippen molar-refractivity contribution in [2.24, 2.45) is 5.73 Å². The molecular weight excluding hydrogens is 366 g/mol. The molecule has 0 unspecified atom stereocenters. The fraction of sp³-hybridized carbons (Fsp3) is 0.353. The molecule has 142 valence electrons. The maximum atomic E-state index is 7.09. The van der Waals surface area contributed by atoms with Crippen molar-refractivity contribution >= 4 is 18.2 Å². The number of benzene rings is 1. The van der Waals surface area contributed by atoms with Gasteiger partial charge in [-0.3, -0.25) is 15.7 Å². The molecule has 1 saturated heterocycles. The van der Waals surface area contributed by atoms with E-state index in [4.69, 9.17) is 32.5 Å². The van der Waals surface area contributed by atoms with Gasteiger partial charge in [0.2, 0.25) is 5.89 Å². The summed E-state index contributed by atoms with van der Waals surface area (Å²) in [6.07, 6.45) is 0. The van der Waals surface area contributed by atoms with Crippen LogP contribution < -0.4 is 16.6 Å². The van der Waals surface area contributed by atoms with Crippen molar-refractivity contribution in [2.45, 2.75) is 6.67 Å². The molecule has 0 aliphatic carbocycles. The highest BCUT2D eigenvalue weighted by Crippen LogP contribution is 2.18. The molecule has 1 aromatic carbocycles. The van der Waals surface area contributed by atoms with E-state index >= 15 is 0 Å². The molecule has 3 rings (SSSR count). The molecule has 0 amide bonds. The first kappa shape index (κ1) is 19.1. The largest absolute Gasteiger partial charge is 0.409 e. The van der Waals surface area contributed by atoms with Gasteiger partial charge in [0.25, 0.3) is 4.84 Å². The van der Waals surface area contributed by atoms with Crippen LogP contribution in [-0.4, -0.2) is 53.5 Å². The second-order valence-electron chi connectivity index (χ2n) is 5.81. The highest BCUT2D eigenvalue weighted by Gasteiger charge is 2.09. The summed E-state index contributed by atoms with van der Waals surface area (Å²) in [4.78, 5) is 2.49. The van der Waals surface area contributed by atoms with Gasteiger partial charge in [-0.1, -0.05) is 11.8 Å². The van der Waals surface area contributed by atoms with Gasteiger partial charge >= 0.3 is 0 Å². The Kier molecular flexibility index (Phi) is 6.56. The van der Waals surface area contributed by atoms with Crippen LogP contribution in [0.25, 0.3) is 11.5 Å². The van der Waals surface area contributed by atoms with E-state index in [0.717, 1.165) is 44.0 Å². The van der Waals surface area contributed by atoms with Gasteiger partial charge in [-0.2, -0.15) is 0 Å². The molecule has 1 aliphatic rings. The zero-order chi connectivity index (χ0) is 19.1. The lowest BCUT2D eigenvalue weighted by Gasteiger charge is -2.24. The number of nitrogens with two attached hydrogens (primary N) is 1. The van der Waals surface area contributed by atoms with Crippen molar-refractivity contribution in [1.82, 2.24) is 25.5 Å². The number of rotatable bonds is 5. The molecule has 0 radical (unpaired) electrons. The molecular formula is C17H21N7O2S. The zero-order valence-corrected chi connectivity index (χ0v) is 15.5. The van der Waals surface area contributed by atoms with E-state index in [1.54, 1.807) is 0 Å². The molecule has 0 atom stereocenters. The number of hydrogen-bond acceptors (Lipinski definition) is 7. The van der Waals surface area contributed by atoms with Gasteiger partial charge in [0.1, 0.15) is 6.67 Å². The SMILES string of the molecule is N=C(N)NNCn1nc(-c2ccc(C#CCN3CCOCC3)cc2)oc1=S. The third-order valence-electron chi connectivity index (χ3n) is 3.83. The molecule has 10 heteroatoms. The van der Waals surface area contributed by atoms with Gasteiger partial charge in [-0.15, -0.1) is 5.10 Å². The molecule has 0 bridgehead atoms. The van der Waals surface area contributed by atoms with Crippen LogP contribution in [0.3, 0.4) is 0 Å². The lowest BCUT2D eigenvalue weighted by molar-refractivity contribution is 0.0443. The molecule has 2 heterocycles. The van der Waals surface area contributed by atoms with E-state index in [1.807, 2.05) is 24.3 Å². The molecule has 27 heavy (non-hydrogen) atoms. The quantitative estimate of drug-likeness (QED) is 0.193. The Morgan fingerprint density at radius 2 is 2.04 bits per heavy atom. The first-order chi connectivity index (χ1) is 13.1. The molecule has 1 aliphatic heterocycles. The lowest BCUT2D eigenvalue weighted by atomic mass is 10.1. The Morgan fingerprint density at radius 1 is 1.30 bits per heavy atom. The molecule has 5 N–H and O–H groups in total. The third kappa shape index (κ3) is 5.63. The minimum atomic E-state index is -0.199. The maximum absolute atomic E-state index is 7.09.